The molecule has 1 aliphatic heterocycles. The highest BCUT2D eigenvalue weighted by atomic mass is 19.1. The minimum atomic E-state index is -0.228. The van der Waals surface area contributed by atoms with Crippen molar-refractivity contribution in [1.29, 1.82) is 0 Å². The van der Waals surface area contributed by atoms with E-state index in [9.17, 15) is 9.18 Å². The minimum Gasteiger partial charge on any atom is -0.490 e. The molecule has 1 aliphatic rings. The molecule has 0 aromatic heterocycles. The van der Waals surface area contributed by atoms with Crippen LogP contribution in [0.15, 0.2) is 48.5 Å². The van der Waals surface area contributed by atoms with Crippen molar-refractivity contribution in [2.75, 3.05) is 44.3 Å². The smallest absolute Gasteiger partial charge is 0.246 e. The third-order valence-electron chi connectivity index (χ3n) is 4.93. The van der Waals surface area contributed by atoms with Gasteiger partial charge in [-0.05, 0) is 49.2 Å². The molecule has 1 amide bonds. The zero-order valence-electron chi connectivity index (χ0n) is 17.6. The van der Waals surface area contributed by atoms with Crippen molar-refractivity contribution in [3.05, 3.63) is 59.9 Å². The molecule has 0 atom stereocenters. The molecule has 2 aromatic carbocycles. The lowest BCUT2D eigenvalue weighted by atomic mass is 10.1. The second kappa shape index (κ2) is 10.7. The first-order chi connectivity index (χ1) is 14.6. The van der Waals surface area contributed by atoms with E-state index >= 15 is 0 Å². The Bertz CT molecular complexity index is 877. The van der Waals surface area contributed by atoms with Crippen LogP contribution in [0.2, 0.25) is 0 Å². The summed E-state index contributed by atoms with van der Waals surface area (Å²) in [7, 11) is 0. The number of benzene rings is 2. The summed E-state index contributed by atoms with van der Waals surface area (Å²) in [5.41, 5.74) is 1.47. The molecular formula is C24H29FN2O3. The van der Waals surface area contributed by atoms with E-state index in [1.54, 1.807) is 29.2 Å². The maximum Gasteiger partial charge on any atom is 0.246 e. The third-order valence-corrected chi connectivity index (χ3v) is 4.93. The number of nitrogens with zero attached hydrogens (tertiary/aromatic N) is 2. The molecule has 1 saturated heterocycles. The number of carbonyl (C=O) groups excluding carboxylic acids is 1. The van der Waals surface area contributed by atoms with Crippen molar-refractivity contribution >= 4 is 17.7 Å². The van der Waals surface area contributed by atoms with Crippen LogP contribution in [0.25, 0.3) is 6.08 Å². The van der Waals surface area contributed by atoms with Crippen molar-refractivity contribution in [1.82, 2.24) is 4.90 Å². The van der Waals surface area contributed by atoms with Gasteiger partial charge in [-0.1, -0.05) is 25.1 Å². The first-order valence-electron chi connectivity index (χ1n) is 10.5. The number of ether oxygens (including phenoxy) is 2. The summed E-state index contributed by atoms with van der Waals surface area (Å²) in [6.45, 7) is 7.50. The number of para-hydroxylation sites is 1. The lowest BCUT2D eigenvalue weighted by Crippen LogP contribution is -2.48. The monoisotopic (exact) mass is 412 g/mol. The van der Waals surface area contributed by atoms with E-state index in [-0.39, 0.29) is 11.7 Å². The van der Waals surface area contributed by atoms with Gasteiger partial charge in [-0.25, -0.2) is 4.39 Å². The summed E-state index contributed by atoms with van der Waals surface area (Å²) >= 11 is 0. The molecule has 1 heterocycles. The highest BCUT2D eigenvalue weighted by Gasteiger charge is 2.21. The fraction of sp³-hybridized carbons (Fsp3) is 0.375. The summed E-state index contributed by atoms with van der Waals surface area (Å²) < 4.78 is 25.4. The molecule has 30 heavy (non-hydrogen) atoms. The van der Waals surface area contributed by atoms with Crippen LogP contribution < -0.4 is 14.4 Å². The standard InChI is InChI=1S/C24H29FN2O3/c1-3-17-30-22-11-9-19(18-23(22)29-4-2)10-12-24(28)27-15-13-26(14-16-27)21-8-6-5-7-20(21)25/h5-12,18H,3-4,13-17H2,1-2H3/b12-10+. The largest absolute Gasteiger partial charge is 0.490 e. The number of piperazine rings is 1. The van der Waals surface area contributed by atoms with Gasteiger partial charge in [0, 0.05) is 32.3 Å². The minimum absolute atomic E-state index is 0.0487. The molecular weight excluding hydrogens is 383 g/mol. The fourth-order valence-corrected chi connectivity index (χ4v) is 3.38. The van der Waals surface area contributed by atoms with Gasteiger partial charge in [-0.3, -0.25) is 4.79 Å². The van der Waals surface area contributed by atoms with Crippen molar-refractivity contribution in [3.63, 3.8) is 0 Å². The van der Waals surface area contributed by atoms with E-state index in [4.69, 9.17) is 9.47 Å². The molecule has 3 rings (SSSR count). The number of amides is 1. The van der Waals surface area contributed by atoms with E-state index in [0.717, 1.165) is 12.0 Å². The van der Waals surface area contributed by atoms with E-state index in [1.165, 1.54) is 6.07 Å². The van der Waals surface area contributed by atoms with E-state index in [0.29, 0.717) is 56.6 Å². The summed E-state index contributed by atoms with van der Waals surface area (Å²) in [5.74, 6) is 1.12. The van der Waals surface area contributed by atoms with Gasteiger partial charge in [0.1, 0.15) is 5.82 Å². The summed E-state index contributed by atoms with van der Waals surface area (Å²) in [5, 5.41) is 0. The fourth-order valence-electron chi connectivity index (χ4n) is 3.38. The highest BCUT2D eigenvalue weighted by Crippen LogP contribution is 2.29. The van der Waals surface area contributed by atoms with Crippen LogP contribution in [0.5, 0.6) is 11.5 Å². The molecule has 0 aliphatic carbocycles. The number of anilines is 1. The zero-order chi connectivity index (χ0) is 21.3. The maximum atomic E-state index is 14.0. The normalized spacial score (nSPS) is 14.2. The average molecular weight is 413 g/mol. The van der Waals surface area contributed by atoms with Crippen LogP contribution >= 0.6 is 0 Å². The second-order valence-electron chi connectivity index (χ2n) is 7.08. The first-order valence-corrected chi connectivity index (χ1v) is 10.5. The molecule has 0 N–H and O–H groups in total. The molecule has 0 spiro atoms. The van der Waals surface area contributed by atoms with Gasteiger partial charge >= 0.3 is 0 Å². The molecule has 0 saturated carbocycles. The Morgan fingerprint density at radius 2 is 1.80 bits per heavy atom. The van der Waals surface area contributed by atoms with Gasteiger partial charge < -0.3 is 19.3 Å². The molecule has 160 valence electrons. The zero-order valence-corrected chi connectivity index (χ0v) is 17.6. The molecule has 0 radical (unpaired) electrons. The van der Waals surface area contributed by atoms with Gasteiger partial charge in [0.15, 0.2) is 11.5 Å². The van der Waals surface area contributed by atoms with Crippen molar-refractivity contribution in [3.8, 4) is 11.5 Å². The van der Waals surface area contributed by atoms with Gasteiger partial charge in [0.25, 0.3) is 0 Å². The lowest BCUT2D eigenvalue weighted by Gasteiger charge is -2.35. The van der Waals surface area contributed by atoms with Crippen LogP contribution in [0.3, 0.4) is 0 Å². The highest BCUT2D eigenvalue weighted by molar-refractivity contribution is 5.92. The van der Waals surface area contributed by atoms with Gasteiger partial charge in [-0.2, -0.15) is 0 Å². The SMILES string of the molecule is CCCOc1ccc(/C=C/C(=O)N2CCN(c3ccccc3F)CC2)cc1OCC. The van der Waals surface area contributed by atoms with Gasteiger partial charge in [0.2, 0.25) is 5.91 Å². The maximum absolute atomic E-state index is 14.0. The van der Waals surface area contributed by atoms with Crippen molar-refractivity contribution in [2.24, 2.45) is 0 Å². The Kier molecular flexibility index (Phi) is 7.71. The predicted molar refractivity (Wildman–Crippen MR) is 118 cm³/mol. The van der Waals surface area contributed by atoms with E-state index < -0.39 is 0 Å². The molecule has 5 nitrogen and oxygen atoms in total. The Hall–Kier alpha value is -3.02. The number of rotatable bonds is 8. The first kappa shape index (κ1) is 21.7. The summed E-state index contributed by atoms with van der Waals surface area (Å²) in [4.78, 5) is 16.4. The van der Waals surface area contributed by atoms with E-state index in [2.05, 4.69) is 6.92 Å². The van der Waals surface area contributed by atoms with Crippen LogP contribution in [0, 0.1) is 5.82 Å². The predicted octanol–water partition coefficient (Wildman–Crippen LogP) is 4.38. The summed E-state index contributed by atoms with van der Waals surface area (Å²) in [6, 6.07) is 12.4. The van der Waals surface area contributed by atoms with Crippen LogP contribution in [-0.2, 0) is 4.79 Å². The molecule has 2 aromatic rings. The number of hydrogen-bond acceptors (Lipinski definition) is 4. The van der Waals surface area contributed by atoms with Crippen LogP contribution in [0.4, 0.5) is 10.1 Å². The van der Waals surface area contributed by atoms with Gasteiger partial charge in [-0.15, -0.1) is 0 Å². The third kappa shape index (κ3) is 5.53. The van der Waals surface area contributed by atoms with Gasteiger partial charge in [0.05, 0.1) is 18.9 Å². The molecule has 0 bridgehead atoms. The average Bonchev–Trinajstić information content (AvgIpc) is 2.77. The number of hydrogen-bond donors (Lipinski definition) is 0. The van der Waals surface area contributed by atoms with Crippen LogP contribution in [-0.4, -0.2) is 50.2 Å². The quantitative estimate of drug-likeness (QED) is 0.604. The Morgan fingerprint density at radius 3 is 2.50 bits per heavy atom. The topological polar surface area (TPSA) is 42.0 Å². The molecule has 1 fully saturated rings. The van der Waals surface area contributed by atoms with E-state index in [1.807, 2.05) is 36.1 Å². The number of carbonyl (C=O) groups is 1. The Balaban J connectivity index is 1.59. The van der Waals surface area contributed by atoms with Crippen molar-refractivity contribution in [2.45, 2.75) is 20.3 Å². The van der Waals surface area contributed by atoms with Crippen molar-refractivity contribution < 1.29 is 18.7 Å². The molecule has 6 heteroatoms. The Morgan fingerprint density at radius 1 is 1.03 bits per heavy atom. The Labute approximate surface area is 177 Å². The van der Waals surface area contributed by atoms with Crippen LogP contribution in [0.1, 0.15) is 25.8 Å². The molecule has 0 unspecified atom stereocenters. The second-order valence-corrected chi connectivity index (χ2v) is 7.08. The summed E-state index contributed by atoms with van der Waals surface area (Å²) in [6.07, 6.45) is 4.29. The lowest BCUT2D eigenvalue weighted by molar-refractivity contribution is -0.126. The number of halogens is 1.